The van der Waals surface area contributed by atoms with Crippen molar-refractivity contribution in [1.82, 2.24) is 9.97 Å². The summed E-state index contributed by atoms with van der Waals surface area (Å²) in [5, 5.41) is 11.7. The van der Waals surface area contributed by atoms with Crippen LogP contribution in [0.3, 0.4) is 0 Å². The van der Waals surface area contributed by atoms with E-state index in [-0.39, 0.29) is 11.1 Å². The zero-order valence-corrected chi connectivity index (χ0v) is 10.4. The lowest BCUT2D eigenvalue weighted by Crippen LogP contribution is -2.06. The molecular formula is C12H12N2O2S. The highest BCUT2D eigenvalue weighted by molar-refractivity contribution is 7.16. The molecular weight excluding hydrogens is 236 g/mol. The van der Waals surface area contributed by atoms with Gasteiger partial charge in [-0.25, -0.2) is 14.8 Å². The molecule has 88 valence electrons. The fraction of sp³-hybridized carbons (Fsp3) is 0.417. The maximum atomic E-state index is 11.2. The molecule has 1 atom stereocenters. The van der Waals surface area contributed by atoms with Gasteiger partial charge in [0.15, 0.2) is 5.69 Å². The quantitative estimate of drug-likeness (QED) is 0.887. The predicted molar refractivity (Wildman–Crippen MR) is 65.5 cm³/mol. The lowest BCUT2D eigenvalue weighted by molar-refractivity contribution is 0.0692. The molecule has 5 heteroatoms. The van der Waals surface area contributed by atoms with Gasteiger partial charge in [0.05, 0.1) is 0 Å². The molecule has 0 bridgehead atoms. The van der Waals surface area contributed by atoms with E-state index >= 15 is 0 Å². The number of nitrogens with zero attached hydrogens (tertiary/aromatic N) is 2. The third-order valence-corrected chi connectivity index (χ3v) is 4.18. The molecule has 0 spiro atoms. The van der Waals surface area contributed by atoms with Crippen molar-refractivity contribution in [3.05, 3.63) is 23.0 Å². The summed E-state index contributed by atoms with van der Waals surface area (Å²) < 4.78 is 0. The van der Waals surface area contributed by atoms with Crippen LogP contribution < -0.4 is 0 Å². The Hall–Kier alpha value is -1.49. The van der Waals surface area contributed by atoms with Crippen molar-refractivity contribution >= 4 is 27.5 Å². The van der Waals surface area contributed by atoms with E-state index in [0.29, 0.717) is 17.1 Å². The summed E-state index contributed by atoms with van der Waals surface area (Å²) in [5.41, 5.74) is 0.342. The summed E-state index contributed by atoms with van der Waals surface area (Å²) >= 11 is 1.46. The molecule has 0 amide bonds. The number of aromatic carboxylic acids is 1. The van der Waals surface area contributed by atoms with Gasteiger partial charge in [0.1, 0.15) is 10.7 Å². The zero-order chi connectivity index (χ0) is 12.2. The van der Waals surface area contributed by atoms with Gasteiger partial charge in [-0.05, 0) is 23.3 Å². The van der Waals surface area contributed by atoms with Gasteiger partial charge in [-0.1, -0.05) is 13.8 Å². The van der Waals surface area contributed by atoms with E-state index in [2.05, 4.69) is 23.8 Å². The molecule has 0 radical (unpaired) electrons. The van der Waals surface area contributed by atoms with Crippen molar-refractivity contribution in [1.29, 1.82) is 0 Å². The van der Waals surface area contributed by atoms with E-state index in [1.54, 1.807) is 6.07 Å². The second-order valence-corrected chi connectivity index (χ2v) is 6.01. The van der Waals surface area contributed by atoms with Gasteiger partial charge in [0, 0.05) is 11.3 Å². The van der Waals surface area contributed by atoms with Gasteiger partial charge >= 0.3 is 5.97 Å². The summed E-state index contributed by atoms with van der Waals surface area (Å²) in [6, 6.07) is 1.77. The number of carboxylic acid groups (broad SMARTS) is 1. The number of aromatic nitrogens is 2. The lowest BCUT2D eigenvalue weighted by Gasteiger charge is -2.04. The molecule has 0 aliphatic heterocycles. The Balaban J connectivity index is 2.18. The van der Waals surface area contributed by atoms with Crippen LogP contribution in [-0.4, -0.2) is 21.0 Å². The Morgan fingerprint density at radius 1 is 1.53 bits per heavy atom. The average molecular weight is 248 g/mol. The van der Waals surface area contributed by atoms with Crippen molar-refractivity contribution < 1.29 is 9.90 Å². The Labute approximate surface area is 102 Å². The van der Waals surface area contributed by atoms with Crippen LogP contribution in [0.1, 0.15) is 42.5 Å². The molecule has 3 rings (SSSR count). The van der Waals surface area contributed by atoms with Gasteiger partial charge in [-0.15, -0.1) is 11.3 Å². The Kier molecular flexibility index (Phi) is 2.04. The second kappa shape index (κ2) is 3.26. The summed E-state index contributed by atoms with van der Waals surface area (Å²) in [4.78, 5) is 20.7. The molecule has 1 aliphatic rings. The standard InChI is InChI=1S/C12H12N2O2S/c1-12(2)5-7(12)9-13-8(11(15)16)6-3-4-17-10(6)14-9/h3-4,7H,5H2,1-2H3,(H,15,16). The number of carbonyl (C=O) groups is 1. The third kappa shape index (κ3) is 1.61. The highest BCUT2D eigenvalue weighted by Gasteiger charge is 2.48. The van der Waals surface area contributed by atoms with E-state index in [1.807, 2.05) is 5.38 Å². The average Bonchev–Trinajstić information content (AvgIpc) is 2.72. The number of rotatable bonds is 2. The summed E-state index contributed by atoms with van der Waals surface area (Å²) in [6.45, 7) is 4.31. The first-order valence-electron chi connectivity index (χ1n) is 5.47. The number of hydrogen-bond acceptors (Lipinski definition) is 4. The molecule has 1 unspecified atom stereocenters. The normalized spacial score (nSPS) is 21.6. The maximum absolute atomic E-state index is 11.2. The van der Waals surface area contributed by atoms with Crippen LogP contribution in [0.15, 0.2) is 11.4 Å². The first-order chi connectivity index (χ1) is 7.99. The SMILES string of the molecule is CC1(C)CC1c1nc(C(=O)O)c2ccsc2n1. The smallest absolute Gasteiger partial charge is 0.355 e. The molecule has 2 aromatic heterocycles. The van der Waals surface area contributed by atoms with E-state index in [0.717, 1.165) is 11.3 Å². The van der Waals surface area contributed by atoms with Crippen molar-refractivity contribution in [2.24, 2.45) is 5.41 Å². The van der Waals surface area contributed by atoms with E-state index in [9.17, 15) is 9.90 Å². The summed E-state index contributed by atoms with van der Waals surface area (Å²) in [7, 11) is 0. The molecule has 1 aliphatic carbocycles. The Bertz CT molecular complexity index is 618. The Morgan fingerprint density at radius 2 is 2.24 bits per heavy atom. The molecule has 0 saturated heterocycles. The topological polar surface area (TPSA) is 63.1 Å². The molecule has 0 aromatic carbocycles. The second-order valence-electron chi connectivity index (χ2n) is 5.12. The summed E-state index contributed by atoms with van der Waals surface area (Å²) in [6.07, 6.45) is 1.03. The van der Waals surface area contributed by atoms with Crippen LogP contribution in [0.25, 0.3) is 10.2 Å². The molecule has 1 N–H and O–H groups in total. The predicted octanol–water partition coefficient (Wildman–Crippen LogP) is 2.90. The highest BCUT2D eigenvalue weighted by atomic mass is 32.1. The van der Waals surface area contributed by atoms with Crippen molar-refractivity contribution in [3.63, 3.8) is 0 Å². The van der Waals surface area contributed by atoms with Gasteiger partial charge < -0.3 is 5.11 Å². The van der Waals surface area contributed by atoms with Crippen molar-refractivity contribution in [3.8, 4) is 0 Å². The van der Waals surface area contributed by atoms with Crippen LogP contribution in [0.4, 0.5) is 0 Å². The van der Waals surface area contributed by atoms with Crippen LogP contribution in [0, 0.1) is 5.41 Å². The minimum absolute atomic E-state index is 0.133. The molecule has 2 aromatic rings. The minimum Gasteiger partial charge on any atom is -0.476 e. The van der Waals surface area contributed by atoms with Crippen molar-refractivity contribution in [2.45, 2.75) is 26.2 Å². The number of fused-ring (bicyclic) bond motifs is 1. The molecule has 2 heterocycles. The van der Waals surface area contributed by atoms with Gasteiger partial charge in [0.25, 0.3) is 0 Å². The maximum Gasteiger partial charge on any atom is 0.355 e. The Morgan fingerprint density at radius 3 is 2.82 bits per heavy atom. The minimum atomic E-state index is -0.976. The van der Waals surface area contributed by atoms with Crippen LogP contribution in [-0.2, 0) is 0 Å². The van der Waals surface area contributed by atoms with Gasteiger partial charge in [-0.2, -0.15) is 0 Å². The van der Waals surface area contributed by atoms with E-state index in [4.69, 9.17) is 0 Å². The van der Waals surface area contributed by atoms with E-state index in [1.165, 1.54) is 11.3 Å². The van der Waals surface area contributed by atoms with Crippen LogP contribution >= 0.6 is 11.3 Å². The molecule has 1 fully saturated rings. The fourth-order valence-corrected chi connectivity index (χ4v) is 2.87. The molecule has 4 nitrogen and oxygen atoms in total. The first kappa shape index (κ1) is 10.7. The van der Waals surface area contributed by atoms with Crippen molar-refractivity contribution in [2.75, 3.05) is 0 Å². The molecule has 1 saturated carbocycles. The van der Waals surface area contributed by atoms with E-state index < -0.39 is 5.97 Å². The van der Waals surface area contributed by atoms with Gasteiger partial charge in [-0.3, -0.25) is 0 Å². The summed E-state index contributed by atoms with van der Waals surface area (Å²) in [5.74, 6) is 0.00459. The monoisotopic (exact) mass is 248 g/mol. The highest BCUT2D eigenvalue weighted by Crippen LogP contribution is 2.57. The lowest BCUT2D eigenvalue weighted by atomic mass is 10.1. The zero-order valence-electron chi connectivity index (χ0n) is 9.60. The number of thiophene rings is 1. The first-order valence-corrected chi connectivity index (χ1v) is 6.35. The fourth-order valence-electron chi connectivity index (χ4n) is 2.10. The largest absolute Gasteiger partial charge is 0.476 e. The van der Waals surface area contributed by atoms with Crippen LogP contribution in [0.2, 0.25) is 0 Å². The third-order valence-electron chi connectivity index (χ3n) is 3.37. The number of hydrogen-bond donors (Lipinski definition) is 1. The van der Waals surface area contributed by atoms with Crippen LogP contribution in [0.5, 0.6) is 0 Å². The number of carboxylic acids is 1. The van der Waals surface area contributed by atoms with Gasteiger partial charge in [0.2, 0.25) is 0 Å². The molecule has 17 heavy (non-hydrogen) atoms.